The lowest BCUT2D eigenvalue weighted by atomic mass is 9.99. The number of aryl methyl sites for hydroxylation is 1. The van der Waals surface area contributed by atoms with Gasteiger partial charge in [0, 0.05) is 25.3 Å². The zero-order valence-electron chi connectivity index (χ0n) is 12.0. The molecule has 0 bridgehead atoms. The number of nitrogens with zero attached hydrogens (tertiary/aromatic N) is 2. The Labute approximate surface area is 105 Å². The molecule has 0 aliphatic heterocycles. The van der Waals surface area contributed by atoms with Crippen molar-refractivity contribution in [3.05, 3.63) is 23.4 Å². The van der Waals surface area contributed by atoms with Crippen molar-refractivity contribution in [2.45, 2.75) is 46.2 Å². The van der Waals surface area contributed by atoms with E-state index in [4.69, 9.17) is 0 Å². The zero-order chi connectivity index (χ0) is 13.1. The maximum absolute atomic E-state index is 4.60. The Bertz CT molecular complexity index is 372. The van der Waals surface area contributed by atoms with Gasteiger partial charge in [-0.15, -0.1) is 0 Å². The number of rotatable bonds is 5. The Hall–Kier alpha value is -1.09. The molecular weight excluding hydrogens is 210 g/mol. The molecule has 0 aliphatic rings. The molecule has 0 atom stereocenters. The second-order valence-electron chi connectivity index (χ2n) is 5.24. The van der Waals surface area contributed by atoms with Gasteiger partial charge in [0.25, 0.3) is 0 Å². The van der Waals surface area contributed by atoms with Gasteiger partial charge in [-0.3, -0.25) is 0 Å². The predicted octanol–water partition coefficient (Wildman–Crippen LogP) is 2.73. The van der Waals surface area contributed by atoms with Gasteiger partial charge in [0.1, 0.15) is 5.82 Å². The minimum absolute atomic E-state index is 0.141. The van der Waals surface area contributed by atoms with Crippen molar-refractivity contribution in [2.75, 3.05) is 19.0 Å². The lowest BCUT2D eigenvalue weighted by Gasteiger charge is -2.36. The van der Waals surface area contributed by atoms with Crippen LogP contribution >= 0.6 is 0 Å². The Morgan fingerprint density at radius 3 is 2.53 bits per heavy atom. The van der Waals surface area contributed by atoms with E-state index in [1.54, 1.807) is 0 Å². The van der Waals surface area contributed by atoms with Crippen molar-refractivity contribution in [2.24, 2.45) is 0 Å². The maximum atomic E-state index is 4.60. The average molecular weight is 235 g/mol. The van der Waals surface area contributed by atoms with Gasteiger partial charge in [-0.25, -0.2) is 4.98 Å². The molecule has 0 aromatic carbocycles. The largest absolute Gasteiger partial charge is 0.354 e. The van der Waals surface area contributed by atoms with Gasteiger partial charge < -0.3 is 10.2 Å². The van der Waals surface area contributed by atoms with Crippen LogP contribution in [0.25, 0.3) is 0 Å². The first-order valence-corrected chi connectivity index (χ1v) is 6.26. The highest BCUT2D eigenvalue weighted by atomic mass is 15.2. The maximum Gasteiger partial charge on any atom is 0.131 e. The molecule has 0 unspecified atom stereocenters. The Morgan fingerprint density at radius 1 is 1.41 bits per heavy atom. The summed E-state index contributed by atoms with van der Waals surface area (Å²) in [6.07, 6.45) is 3.06. The summed E-state index contributed by atoms with van der Waals surface area (Å²) >= 11 is 0. The quantitative estimate of drug-likeness (QED) is 0.850. The van der Waals surface area contributed by atoms with E-state index in [1.807, 2.05) is 13.2 Å². The second-order valence-corrected chi connectivity index (χ2v) is 5.24. The van der Waals surface area contributed by atoms with Gasteiger partial charge in [-0.05, 0) is 51.4 Å². The highest BCUT2D eigenvalue weighted by Crippen LogP contribution is 2.26. The van der Waals surface area contributed by atoms with Crippen molar-refractivity contribution in [1.82, 2.24) is 10.3 Å². The second kappa shape index (κ2) is 5.50. The molecule has 1 heterocycles. The van der Waals surface area contributed by atoms with Crippen LogP contribution in [0.15, 0.2) is 12.3 Å². The van der Waals surface area contributed by atoms with Crippen LogP contribution in [-0.4, -0.2) is 24.6 Å². The molecule has 0 saturated carbocycles. The molecule has 1 N–H and O–H groups in total. The van der Waals surface area contributed by atoms with Crippen molar-refractivity contribution in [3.8, 4) is 0 Å². The summed E-state index contributed by atoms with van der Waals surface area (Å²) in [5, 5.41) is 3.15. The minimum atomic E-state index is 0.141. The van der Waals surface area contributed by atoms with Gasteiger partial charge in [-0.2, -0.15) is 0 Å². The van der Waals surface area contributed by atoms with Gasteiger partial charge in [0.15, 0.2) is 0 Å². The van der Waals surface area contributed by atoms with Crippen molar-refractivity contribution in [1.29, 1.82) is 0 Å². The third kappa shape index (κ3) is 3.19. The first-order chi connectivity index (χ1) is 7.92. The van der Waals surface area contributed by atoms with Crippen LogP contribution in [0.1, 0.15) is 38.3 Å². The number of pyridine rings is 1. The molecule has 96 valence electrons. The lowest BCUT2D eigenvalue weighted by Crippen LogP contribution is -2.41. The summed E-state index contributed by atoms with van der Waals surface area (Å²) in [5.74, 6) is 1.08. The van der Waals surface area contributed by atoms with Gasteiger partial charge >= 0.3 is 0 Å². The molecule has 3 nitrogen and oxygen atoms in total. The Kier molecular flexibility index (Phi) is 4.52. The first kappa shape index (κ1) is 14.0. The molecular formula is C14H25N3. The van der Waals surface area contributed by atoms with Crippen LogP contribution < -0.4 is 10.2 Å². The number of anilines is 1. The van der Waals surface area contributed by atoms with Crippen LogP contribution in [0.5, 0.6) is 0 Å². The molecule has 0 aliphatic carbocycles. The standard InChI is InChI=1S/C14H25N3/c1-7-14(3,4)17(6)13-11(2)8-12(9-15-5)10-16-13/h8,10,15H,7,9H2,1-6H3. The monoisotopic (exact) mass is 235 g/mol. The minimum Gasteiger partial charge on any atom is -0.354 e. The van der Waals surface area contributed by atoms with Crippen LogP contribution in [0.3, 0.4) is 0 Å². The summed E-state index contributed by atoms with van der Waals surface area (Å²) in [6.45, 7) is 9.70. The SMILES string of the molecule is CCC(C)(C)N(C)c1ncc(CNC)cc1C. The van der Waals surface area contributed by atoms with E-state index in [0.717, 1.165) is 18.8 Å². The number of hydrogen-bond acceptors (Lipinski definition) is 3. The molecule has 1 rings (SSSR count). The van der Waals surface area contributed by atoms with Crippen LogP contribution in [0.4, 0.5) is 5.82 Å². The average Bonchev–Trinajstić information content (AvgIpc) is 2.29. The number of aromatic nitrogens is 1. The summed E-state index contributed by atoms with van der Waals surface area (Å²) in [7, 11) is 4.08. The Balaban J connectivity index is 2.99. The molecule has 1 aromatic heterocycles. The molecule has 0 spiro atoms. The zero-order valence-corrected chi connectivity index (χ0v) is 12.0. The third-order valence-corrected chi connectivity index (χ3v) is 3.58. The molecule has 17 heavy (non-hydrogen) atoms. The molecule has 0 amide bonds. The lowest BCUT2D eigenvalue weighted by molar-refractivity contribution is 0.466. The van der Waals surface area contributed by atoms with E-state index >= 15 is 0 Å². The highest BCUT2D eigenvalue weighted by Gasteiger charge is 2.23. The molecule has 0 fully saturated rings. The van der Waals surface area contributed by atoms with Crippen LogP contribution in [0, 0.1) is 6.92 Å². The molecule has 1 aromatic rings. The number of nitrogens with one attached hydrogen (secondary N) is 1. The van der Waals surface area contributed by atoms with Crippen molar-refractivity contribution >= 4 is 5.82 Å². The van der Waals surface area contributed by atoms with E-state index < -0.39 is 0 Å². The van der Waals surface area contributed by atoms with Crippen LogP contribution in [-0.2, 0) is 6.54 Å². The van der Waals surface area contributed by atoms with Crippen molar-refractivity contribution in [3.63, 3.8) is 0 Å². The third-order valence-electron chi connectivity index (χ3n) is 3.58. The smallest absolute Gasteiger partial charge is 0.131 e. The van der Waals surface area contributed by atoms with E-state index in [1.165, 1.54) is 11.1 Å². The predicted molar refractivity (Wildman–Crippen MR) is 74.5 cm³/mol. The van der Waals surface area contributed by atoms with E-state index in [2.05, 4.69) is 56.0 Å². The highest BCUT2D eigenvalue weighted by molar-refractivity contribution is 5.48. The summed E-state index contributed by atoms with van der Waals surface area (Å²) in [6, 6.07) is 2.21. The first-order valence-electron chi connectivity index (χ1n) is 6.26. The summed E-state index contributed by atoms with van der Waals surface area (Å²) in [4.78, 5) is 6.87. The topological polar surface area (TPSA) is 28.2 Å². The summed E-state index contributed by atoms with van der Waals surface area (Å²) in [5.41, 5.74) is 2.61. The van der Waals surface area contributed by atoms with Gasteiger partial charge in [-0.1, -0.05) is 6.92 Å². The molecule has 0 radical (unpaired) electrons. The van der Waals surface area contributed by atoms with Crippen molar-refractivity contribution < 1.29 is 0 Å². The van der Waals surface area contributed by atoms with Crippen LogP contribution in [0.2, 0.25) is 0 Å². The molecule has 3 heteroatoms. The van der Waals surface area contributed by atoms with E-state index in [0.29, 0.717) is 0 Å². The summed E-state index contributed by atoms with van der Waals surface area (Å²) < 4.78 is 0. The normalized spacial score (nSPS) is 11.6. The Morgan fingerprint density at radius 2 is 2.06 bits per heavy atom. The van der Waals surface area contributed by atoms with Gasteiger partial charge in [0.2, 0.25) is 0 Å². The molecule has 0 saturated heterocycles. The fraction of sp³-hybridized carbons (Fsp3) is 0.643. The number of hydrogen-bond donors (Lipinski definition) is 1. The van der Waals surface area contributed by atoms with Gasteiger partial charge in [0.05, 0.1) is 0 Å². The van der Waals surface area contributed by atoms with E-state index in [-0.39, 0.29) is 5.54 Å². The van der Waals surface area contributed by atoms with E-state index in [9.17, 15) is 0 Å². The fourth-order valence-electron chi connectivity index (χ4n) is 1.80. The fourth-order valence-corrected chi connectivity index (χ4v) is 1.80.